The van der Waals surface area contributed by atoms with E-state index in [1.807, 2.05) is 24.3 Å². The summed E-state index contributed by atoms with van der Waals surface area (Å²) in [5, 5.41) is 14.4. The van der Waals surface area contributed by atoms with E-state index in [1.165, 1.54) is 17.7 Å². The Labute approximate surface area is 142 Å². The number of tetrazole rings is 1. The first-order valence-corrected chi connectivity index (χ1v) is 8.27. The van der Waals surface area contributed by atoms with Gasteiger partial charge in [0.1, 0.15) is 5.82 Å². The predicted octanol–water partition coefficient (Wildman–Crippen LogP) is 4.33. The number of hydrogen-bond donors (Lipinski definition) is 1. The van der Waals surface area contributed by atoms with Gasteiger partial charge in [0.2, 0.25) is 5.82 Å². The molecule has 118 valence electrons. The number of aromatic nitrogens is 4. The number of hydrogen-bond acceptors (Lipinski definition) is 4. The molecule has 0 spiro atoms. The highest BCUT2D eigenvalue weighted by Crippen LogP contribution is 2.37. The number of halogens is 1. The molecular formula is C18H13FN4S. The van der Waals surface area contributed by atoms with Gasteiger partial charge in [-0.2, -0.15) is 5.21 Å². The van der Waals surface area contributed by atoms with Gasteiger partial charge in [0.25, 0.3) is 0 Å². The Morgan fingerprint density at radius 2 is 1.79 bits per heavy atom. The molecule has 4 aromatic rings. The normalized spacial score (nSPS) is 10.9. The third-order valence-corrected chi connectivity index (χ3v) is 4.92. The highest BCUT2D eigenvalue weighted by molar-refractivity contribution is 7.16. The van der Waals surface area contributed by atoms with Crippen LogP contribution in [-0.4, -0.2) is 20.6 Å². The Hall–Kier alpha value is -2.86. The molecule has 2 aromatic heterocycles. The van der Waals surface area contributed by atoms with E-state index in [2.05, 4.69) is 32.8 Å². The van der Waals surface area contributed by atoms with Gasteiger partial charge < -0.3 is 0 Å². The van der Waals surface area contributed by atoms with Crippen LogP contribution in [0.25, 0.3) is 21.8 Å². The number of rotatable bonds is 4. The van der Waals surface area contributed by atoms with E-state index < -0.39 is 0 Å². The zero-order chi connectivity index (χ0) is 16.4. The smallest absolute Gasteiger partial charge is 0.205 e. The van der Waals surface area contributed by atoms with Gasteiger partial charge in [-0.1, -0.05) is 42.5 Å². The van der Waals surface area contributed by atoms with Crippen LogP contribution >= 0.6 is 11.3 Å². The van der Waals surface area contributed by atoms with Gasteiger partial charge in [-0.25, -0.2) is 4.39 Å². The largest absolute Gasteiger partial charge is 0.207 e. The minimum atomic E-state index is -0.238. The van der Waals surface area contributed by atoms with Crippen molar-refractivity contribution in [3.05, 3.63) is 76.9 Å². The minimum absolute atomic E-state index is 0.238. The Morgan fingerprint density at radius 1 is 1.00 bits per heavy atom. The molecule has 24 heavy (non-hydrogen) atoms. The summed E-state index contributed by atoms with van der Waals surface area (Å²) in [6.07, 6.45) is 0.788. The molecule has 0 saturated carbocycles. The fourth-order valence-electron chi connectivity index (χ4n) is 2.56. The Kier molecular flexibility index (Phi) is 3.88. The molecule has 2 heterocycles. The topological polar surface area (TPSA) is 54.5 Å². The van der Waals surface area contributed by atoms with Crippen LogP contribution in [0.15, 0.2) is 60.7 Å². The molecule has 1 N–H and O–H groups in total. The molecule has 0 amide bonds. The van der Waals surface area contributed by atoms with Crippen LogP contribution in [0.3, 0.4) is 0 Å². The monoisotopic (exact) mass is 336 g/mol. The molecule has 0 atom stereocenters. The van der Waals surface area contributed by atoms with Gasteiger partial charge >= 0.3 is 0 Å². The van der Waals surface area contributed by atoms with Crippen molar-refractivity contribution in [3.8, 4) is 21.8 Å². The van der Waals surface area contributed by atoms with E-state index in [4.69, 9.17) is 0 Å². The van der Waals surface area contributed by atoms with Crippen molar-refractivity contribution in [2.24, 2.45) is 0 Å². The molecule has 4 nitrogen and oxygen atoms in total. The lowest BCUT2D eigenvalue weighted by Gasteiger charge is -2.00. The number of thiophene rings is 1. The van der Waals surface area contributed by atoms with Crippen molar-refractivity contribution in [2.45, 2.75) is 6.42 Å². The SMILES string of the molecule is Fc1ccc(-c2cc(-c3nn[nH]n3)c(Cc3ccccc3)s2)cc1. The summed E-state index contributed by atoms with van der Waals surface area (Å²) in [6.45, 7) is 0. The lowest BCUT2D eigenvalue weighted by atomic mass is 10.1. The number of benzene rings is 2. The van der Waals surface area contributed by atoms with E-state index in [0.29, 0.717) is 5.82 Å². The second kappa shape index (κ2) is 6.33. The lowest BCUT2D eigenvalue weighted by molar-refractivity contribution is 0.628. The summed E-state index contributed by atoms with van der Waals surface area (Å²) < 4.78 is 13.2. The lowest BCUT2D eigenvalue weighted by Crippen LogP contribution is -1.88. The first-order valence-electron chi connectivity index (χ1n) is 7.46. The zero-order valence-corrected chi connectivity index (χ0v) is 13.4. The summed E-state index contributed by atoms with van der Waals surface area (Å²) in [5.41, 5.74) is 3.15. The first-order chi connectivity index (χ1) is 11.8. The molecule has 6 heteroatoms. The highest BCUT2D eigenvalue weighted by Gasteiger charge is 2.16. The minimum Gasteiger partial charge on any atom is -0.207 e. The average molecular weight is 336 g/mol. The number of H-pyrrole nitrogens is 1. The Bertz CT molecular complexity index is 931. The maximum absolute atomic E-state index is 13.2. The molecule has 2 aromatic carbocycles. The standard InChI is InChI=1S/C18H13FN4S/c19-14-8-6-13(7-9-14)16-11-15(18-20-22-23-21-18)17(24-16)10-12-4-2-1-3-5-12/h1-9,11H,10H2,(H,20,21,22,23). The Morgan fingerprint density at radius 3 is 2.50 bits per heavy atom. The summed E-state index contributed by atoms with van der Waals surface area (Å²) >= 11 is 1.67. The van der Waals surface area contributed by atoms with Crippen LogP contribution in [0.4, 0.5) is 4.39 Å². The van der Waals surface area contributed by atoms with Crippen molar-refractivity contribution in [1.29, 1.82) is 0 Å². The molecule has 0 aliphatic heterocycles. The van der Waals surface area contributed by atoms with Gasteiger partial charge in [-0.15, -0.1) is 21.5 Å². The summed E-state index contributed by atoms with van der Waals surface area (Å²) in [4.78, 5) is 2.21. The molecule has 0 aliphatic rings. The van der Waals surface area contributed by atoms with E-state index in [0.717, 1.165) is 27.3 Å². The number of aromatic amines is 1. The van der Waals surface area contributed by atoms with Crippen molar-refractivity contribution in [1.82, 2.24) is 20.6 Å². The van der Waals surface area contributed by atoms with Crippen LogP contribution in [0.2, 0.25) is 0 Å². The molecular weight excluding hydrogens is 323 g/mol. The van der Waals surface area contributed by atoms with Crippen molar-refractivity contribution < 1.29 is 4.39 Å². The van der Waals surface area contributed by atoms with Crippen LogP contribution < -0.4 is 0 Å². The molecule has 0 unspecified atom stereocenters. The van der Waals surface area contributed by atoms with Gasteiger partial charge in [0.15, 0.2) is 0 Å². The summed E-state index contributed by atoms with van der Waals surface area (Å²) in [5.74, 6) is 0.337. The summed E-state index contributed by atoms with van der Waals surface area (Å²) in [6, 6.07) is 18.8. The molecule has 0 radical (unpaired) electrons. The van der Waals surface area contributed by atoms with Gasteiger partial charge in [-0.05, 0) is 34.5 Å². The molecule has 0 saturated heterocycles. The van der Waals surface area contributed by atoms with E-state index >= 15 is 0 Å². The zero-order valence-electron chi connectivity index (χ0n) is 12.6. The number of nitrogens with zero attached hydrogens (tertiary/aromatic N) is 3. The van der Waals surface area contributed by atoms with Crippen LogP contribution in [0.1, 0.15) is 10.4 Å². The van der Waals surface area contributed by atoms with Crippen LogP contribution in [-0.2, 0) is 6.42 Å². The summed E-state index contributed by atoms with van der Waals surface area (Å²) in [7, 11) is 0. The van der Waals surface area contributed by atoms with Crippen LogP contribution in [0, 0.1) is 5.82 Å². The van der Waals surface area contributed by atoms with E-state index in [1.54, 1.807) is 23.5 Å². The maximum Gasteiger partial charge on any atom is 0.205 e. The molecule has 0 aliphatic carbocycles. The second-order valence-corrected chi connectivity index (χ2v) is 6.49. The maximum atomic E-state index is 13.2. The molecule has 0 fully saturated rings. The van der Waals surface area contributed by atoms with E-state index in [9.17, 15) is 4.39 Å². The second-order valence-electron chi connectivity index (χ2n) is 5.35. The van der Waals surface area contributed by atoms with Crippen molar-refractivity contribution in [3.63, 3.8) is 0 Å². The fourth-order valence-corrected chi connectivity index (χ4v) is 3.76. The van der Waals surface area contributed by atoms with Gasteiger partial charge in [0.05, 0.1) is 0 Å². The van der Waals surface area contributed by atoms with E-state index in [-0.39, 0.29) is 5.82 Å². The fraction of sp³-hybridized carbons (Fsp3) is 0.0556. The quantitative estimate of drug-likeness (QED) is 0.604. The van der Waals surface area contributed by atoms with Crippen molar-refractivity contribution in [2.75, 3.05) is 0 Å². The highest BCUT2D eigenvalue weighted by atomic mass is 32.1. The molecule has 4 rings (SSSR count). The first kappa shape index (κ1) is 14.7. The van der Waals surface area contributed by atoms with Crippen molar-refractivity contribution >= 4 is 11.3 Å². The average Bonchev–Trinajstić information content (AvgIpc) is 3.26. The van der Waals surface area contributed by atoms with Gasteiger partial charge in [-0.3, -0.25) is 0 Å². The third kappa shape index (κ3) is 2.96. The third-order valence-electron chi connectivity index (χ3n) is 3.73. The number of nitrogens with one attached hydrogen (secondary N) is 1. The Balaban J connectivity index is 1.77. The van der Waals surface area contributed by atoms with Gasteiger partial charge in [0, 0.05) is 21.7 Å². The van der Waals surface area contributed by atoms with Crippen LogP contribution in [0.5, 0.6) is 0 Å². The molecule has 0 bridgehead atoms. The predicted molar refractivity (Wildman–Crippen MR) is 92.1 cm³/mol.